The molecule has 1 aromatic heterocycles. The molecule has 25 heavy (non-hydrogen) atoms. The van der Waals surface area contributed by atoms with Crippen molar-refractivity contribution in [2.24, 2.45) is 0 Å². The number of pyridine rings is 1. The molecule has 0 aliphatic rings. The van der Waals surface area contributed by atoms with Crippen LogP contribution in [0.15, 0.2) is 48.8 Å². The maximum Gasteiger partial charge on any atom is 0.253 e. The van der Waals surface area contributed by atoms with Crippen LogP contribution in [0.5, 0.6) is 0 Å². The molecule has 2 aromatic rings. The van der Waals surface area contributed by atoms with Crippen LogP contribution in [-0.2, 0) is 20.8 Å². The predicted octanol–water partition coefficient (Wildman–Crippen LogP) is 1.61. The molecule has 2 rings (SSSR count). The highest BCUT2D eigenvalue weighted by molar-refractivity contribution is 5.94. The molecule has 0 unspecified atom stereocenters. The topological polar surface area (TPSA) is 89.5 Å². The van der Waals surface area contributed by atoms with Gasteiger partial charge >= 0.3 is 0 Å². The fraction of sp³-hybridized carbons (Fsp3) is 0.278. The number of carbonyl (C=O) groups is 2. The molecule has 0 fully saturated rings. The Morgan fingerprint density at radius 3 is 2.80 bits per heavy atom. The minimum atomic E-state index is -0.243. The first-order valence-corrected chi connectivity index (χ1v) is 7.82. The summed E-state index contributed by atoms with van der Waals surface area (Å²) in [6.45, 7) is 1.12. The van der Waals surface area contributed by atoms with Crippen LogP contribution in [0.4, 0.5) is 5.69 Å². The minimum absolute atomic E-state index is 0.0364. The van der Waals surface area contributed by atoms with Crippen molar-refractivity contribution in [1.82, 2.24) is 10.3 Å². The molecular weight excluding hydrogens is 322 g/mol. The lowest BCUT2D eigenvalue weighted by molar-refractivity contribution is -0.121. The molecule has 0 bridgehead atoms. The number of anilines is 1. The quantitative estimate of drug-likeness (QED) is 0.675. The Morgan fingerprint density at radius 1 is 1.16 bits per heavy atom. The first kappa shape index (κ1) is 18.6. The van der Waals surface area contributed by atoms with Gasteiger partial charge in [0.15, 0.2) is 0 Å². The second-order valence-corrected chi connectivity index (χ2v) is 5.22. The third kappa shape index (κ3) is 6.70. The fourth-order valence-electron chi connectivity index (χ4n) is 2.04. The highest BCUT2D eigenvalue weighted by atomic mass is 16.5. The minimum Gasteiger partial charge on any atom is -0.382 e. The number of carbonyl (C=O) groups excluding carboxylic acids is 2. The normalized spacial score (nSPS) is 10.3. The Hall–Kier alpha value is -2.77. The Bertz CT molecular complexity index is 692. The zero-order chi connectivity index (χ0) is 17.9. The molecule has 0 saturated heterocycles. The van der Waals surface area contributed by atoms with Crippen molar-refractivity contribution in [2.75, 3.05) is 32.2 Å². The molecule has 1 aromatic carbocycles. The molecule has 1 heterocycles. The van der Waals surface area contributed by atoms with Gasteiger partial charge in [0.1, 0.15) is 6.61 Å². The van der Waals surface area contributed by atoms with Crippen molar-refractivity contribution in [3.05, 3.63) is 59.9 Å². The number of benzene rings is 1. The van der Waals surface area contributed by atoms with Gasteiger partial charge in [-0.05, 0) is 29.8 Å². The monoisotopic (exact) mass is 343 g/mol. The average Bonchev–Trinajstić information content (AvgIpc) is 2.64. The van der Waals surface area contributed by atoms with Gasteiger partial charge < -0.3 is 20.1 Å². The van der Waals surface area contributed by atoms with Gasteiger partial charge in [0.05, 0.1) is 18.8 Å². The molecule has 7 nitrogen and oxygen atoms in total. The van der Waals surface area contributed by atoms with Crippen LogP contribution in [0, 0.1) is 0 Å². The fourth-order valence-corrected chi connectivity index (χ4v) is 2.04. The number of amides is 2. The van der Waals surface area contributed by atoms with E-state index < -0.39 is 0 Å². The van der Waals surface area contributed by atoms with Gasteiger partial charge in [0.2, 0.25) is 5.91 Å². The number of ether oxygens (including phenoxy) is 2. The average molecular weight is 343 g/mol. The van der Waals surface area contributed by atoms with Crippen molar-refractivity contribution in [3.63, 3.8) is 0 Å². The van der Waals surface area contributed by atoms with Crippen LogP contribution >= 0.6 is 0 Å². The standard InChI is InChI=1S/C18H21N3O4/c1-24-8-9-25-13-17(22)21-16-6-2-4-14(10-16)11-20-18(23)15-5-3-7-19-12-15/h2-7,10,12H,8-9,11,13H2,1H3,(H,20,23)(H,21,22). The third-order valence-electron chi connectivity index (χ3n) is 3.25. The highest BCUT2D eigenvalue weighted by Crippen LogP contribution is 2.11. The van der Waals surface area contributed by atoms with Gasteiger partial charge in [0.25, 0.3) is 5.91 Å². The van der Waals surface area contributed by atoms with E-state index in [0.29, 0.717) is 31.0 Å². The lowest BCUT2D eigenvalue weighted by Crippen LogP contribution is -2.23. The molecule has 0 saturated carbocycles. The maximum absolute atomic E-state index is 12.0. The van der Waals surface area contributed by atoms with Gasteiger partial charge in [0, 0.05) is 31.7 Å². The summed E-state index contributed by atoms with van der Waals surface area (Å²) in [6, 6.07) is 10.7. The number of aromatic nitrogens is 1. The smallest absolute Gasteiger partial charge is 0.253 e. The zero-order valence-electron chi connectivity index (χ0n) is 14.0. The van der Waals surface area contributed by atoms with E-state index in [1.54, 1.807) is 37.6 Å². The number of nitrogens with one attached hydrogen (secondary N) is 2. The van der Waals surface area contributed by atoms with Gasteiger partial charge in [-0.15, -0.1) is 0 Å². The van der Waals surface area contributed by atoms with Crippen molar-refractivity contribution in [2.45, 2.75) is 6.54 Å². The Balaban J connectivity index is 1.82. The van der Waals surface area contributed by atoms with E-state index in [1.165, 1.54) is 6.20 Å². The summed E-state index contributed by atoms with van der Waals surface area (Å²) in [5.41, 5.74) is 2.02. The van der Waals surface area contributed by atoms with Crippen LogP contribution < -0.4 is 10.6 Å². The third-order valence-corrected chi connectivity index (χ3v) is 3.25. The van der Waals surface area contributed by atoms with Crippen molar-refractivity contribution < 1.29 is 19.1 Å². The van der Waals surface area contributed by atoms with Gasteiger partial charge in [-0.3, -0.25) is 14.6 Å². The molecule has 0 atom stereocenters. The molecular formula is C18H21N3O4. The first-order chi connectivity index (χ1) is 12.2. The highest BCUT2D eigenvalue weighted by Gasteiger charge is 2.06. The van der Waals surface area contributed by atoms with Crippen LogP contribution in [0.3, 0.4) is 0 Å². The summed E-state index contributed by atoms with van der Waals surface area (Å²) in [6.07, 6.45) is 3.12. The van der Waals surface area contributed by atoms with Crippen LogP contribution in [0.2, 0.25) is 0 Å². The second-order valence-electron chi connectivity index (χ2n) is 5.22. The van der Waals surface area contributed by atoms with Crippen molar-refractivity contribution in [3.8, 4) is 0 Å². The molecule has 0 spiro atoms. The van der Waals surface area contributed by atoms with Crippen LogP contribution in [-0.4, -0.2) is 43.7 Å². The zero-order valence-corrected chi connectivity index (χ0v) is 14.0. The lowest BCUT2D eigenvalue weighted by atomic mass is 10.2. The molecule has 0 aliphatic heterocycles. The number of hydrogen-bond donors (Lipinski definition) is 2. The molecule has 0 aliphatic carbocycles. The SMILES string of the molecule is COCCOCC(=O)Nc1cccc(CNC(=O)c2cccnc2)c1. The summed E-state index contributed by atoms with van der Waals surface area (Å²) >= 11 is 0. The summed E-state index contributed by atoms with van der Waals surface area (Å²) in [4.78, 5) is 27.7. The van der Waals surface area contributed by atoms with E-state index in [9.17, 15) is 9.59 Å². The van der Waals surface area contributed by atoms with Crippen LogP contribution in [0.1, 0.15) is 15.9 Å². The summed E-state index contributed by atoms with van der Waals surface area (Å²) in [7, 11) is 1.57. The predicted molar refractivity (Wildman–Crippen MR) is 93.2 cm³/mol. The Kier molecular flexibility index (Phi) is 7.55. The van der Waals surface area contributed by atoms with Crippen molar-refractivity contribution in [1.29, 1.82) is 0 Å². The van der Waals surface area contributed by atoms with Crippen molar-refractivity contribution >= 4 is 17.5 Å². The van der Waals surface area contributed by atoms with Gasteiger partial charge in [-0.1, -0.05) is 12.1 Å². The number of nitrogens with zero attached hydrogens (tertiary/aromatic N) is 1. The summed E-state index contributed by atoms with van der Waals surface area (Å²) in [5, 5.41) is 5.56. The number of rotatable bonds is 9. The van der Waals surface area contributed by atoms with E-state index in [0.717, 1.165) is 5.56 Å². The van der Waals surface area contributed by atoms with E-state index in [1.807, 2.05) is 12.1 Å². The maximum atomic E-state index is 12.0. The summed E-state index contributed by atoms with van der Waals surface area (Å²) < 4.78 is 10.0. The molecule has 132 valence electrons. The Labute approximate surface area is 146 Å². The van der Waals surface area contributed by atoms with E-state index >= 15 is 0 Å². The Morgan fingerprint density at radius 2 is 2.04 bits per heavy atom. The first-order valence-electron chi connectivity index (χ1n) is 7.82. The van der Waals surface area contributed by atoms with E-state index in [-0.39, 0.29) is 18.4 Å². The van der Waals surface area contributed by atoms with E-state index in [2.05, 4.69) is 15.6 Å². The number of hydrogen-bond acceptors (Lipinski definition) is 5. The van der Waals surface area contributed by atoms with E-state index in [4.69, 9.17) is 9.47 Å². The lowest BCUT2D eigenvalue weighted by Gasteiger charge is -2.09. The van der Waals surface area contributed by atoms with Gasteiger partial charge in [-0.25, -0.2) is 0 Å². The molecule has 7 heteroatoms. The largest absolute Gasteiger partial charge is 0.382 e. The molecule has 2 N–H and O–H groups in total. The summed E-state index contributed by atoms with van der Waals surface area (Å²) in [5.74, 6) is -0.443. The number of methoxy groups -OCH3 is 1. The second kappa shape index (κ2) is 10.2. The van der Waals surface area contributed by atoms with Gasteiger partial charge in [-0.2, -0.15) is 0 Å². The molecule has 0 radical (unpaired) electrons. The van der Waals surface area contributed by atoms with Crippen LogP contribution in [0.25, 0.3) is 0 Å². The molecule has 2 amide bonds.